The highest BCUT2D eigenvalue weighted by Crippen LogP contribution is 2.47. The molecule has 1 saturated carbocycles. The van der Waals surface area contributed by atoms with Crippen LogP contribution in [0.2, 0.25) is 0 Å². The maximum atomic E-state index is 12.6. The van der Waals surface area contributed by atoms with Crippen molar-refractivity contribution in [2.45, 2.75) is 63.5 Å². The van der Waals surface area contributed by atoms with Gasteiger partial charge in [0.05, 0.1) is 0 Å². The smallest absolute Gasteiger partial charge is 0.238 e. The third-order valence-corrected chi connectivity index (χ3v) is 5.91. The zero-order valence-electron chi connectivity index (χ0n) is 13.6. The van der Waals surface area contributed by atoms with Crippen molar-refractivity contribution in [3.8, 4) is 0 Å². The summed E-state index contributed by atoms with van der Waals surface area (Å²) in [6, 6.07) is 11.0. The molecular weight excluding hydrogens is 272 g/mol. The Hall–Kier alpha value is -1.35. The maximum absolute atomic E-state index is 12.6. The Morgan fingerprint density at radius 1 is 1.23 bits per heavy atom. The Kier molecular flexibility index (Phi) is 4.53. The number of primary amides is 1. The predicted octanol–water partition coefficient (Wildman–Crippen LogP) is 3.65. The SMILES string of the molecule is CCC1CCCCC1(C(N)=O)N1CCCC1c1ccccc1. The number of carbonyl (C=O) groups excluding carboxylic acids is 1. The summed E-state index contributed by atoms with van der Waals surface area (Å²) in [5.41, 5.74) is 6.92. The van der Waals surface area contributed by atoms with Gasteiger partial charge in [0, 0.05) is 6.04 Å². The van der Waals surface area contributed by atoms with Crippen LogP contribution in [-0.2, 0) is 4.79 Å². The number of amides is 1. The van der Waals surface area contributed by atoms with Gasteiger partial charge in [-0.2, -0.15) is 0 Å². The topological polar surface area (TPSA) is 46.3 Å². The molecule has 0 aromatic heterocycles. The first-order valence-corrected chi connectivity index (χ1v) is 8.81. The average molecular weight is 300 g/mol. The molecule has 3 atom stereocenters. The van der Waals surface area contributed by atoms with E-state index in [0.29, 0.717) is 12.0 Å². The minimum Gasteiger partial charge on any atom is -0.368 e. The van der Waals surface area contributed by atoms with Gasteiger partial charge < -0.3 is 5.73 Å². The minimum absolute atomic E-state index is 0.0955. The number of likely N-dealkylation sites (tertiary alicyclic amines) is 1. The van der Waals surface area contributed by atoms with Crippen LogP contribution >= 0.6 is 0 Å². The fourth-order valence-corrected chi connectivity index (χ4v) is 4.88. The molecule has 1 heterocycles. The third kappa shape index (κ3) is 2.45. The molecule has 1 amide bonds. The fourth-order valence-electron chi connectivity index (χ4n) is 4.88. The number of nitrogens with zero attached hydrogens (tertiary/aromatic N) is 1. The van der Waals surface area contributed by atoms with E-state index in [9.17, 15) is 4.79 Å². The molecule has 1 aromatic rings. The van der Waals surface area contributed by atoms with E-state index in [1.807, 2.05) is 0 Å². The molecule has 3 nitrogen and oxygen atoms in total. The minimum atomic E-state index is -0.427. The van der Waals surface area contributed by atoms with Gasteiger partial charge >= 0.3 is 0 Å². The second kappa shape index (κ2) is 6.41. The molecule has 2 N–H and O–H groups in total. The zero-order chi connectivity index (χ0) is 15.6. The van der Waals surface area contributed by atoms with Crippen molar-refractivity contribution in [2.75, 3.05) is 6.54 Å². The van der Waals surface area contributed by atoms with Gasteiger partial charge in [0.2, 0.25) is 5.91 Å². The molecule has 2 fully saturated rings. The van der Waals surface area contributed by atoms with E-state index < -0.39 is 5.54 Å². The molecule has 3 heteroatoms. The van der Waals surface area contributed by atoms with E-state index in [1.165, 1.54) is 12.0 Å². The van der Waals surface area contributed by atoms with Crippen LogP contribution in [0.3, 0.4) is 0 Å². The number of hydrogen-bond donors (Lipinski definition) is 1. The van der Waals surface area contributed by atoms with Crippen LogP contribution in [0.4, 0.5) is 0 Å². The van der Waals surface area contributed by atoms with Crippen molar-refractivity contribution in [3.05, 3.63) is 35.9 Å². The first-order valence-electron chi connectivity index (χ1n) is 8.81. The predicted molar refractivity (Wildman–Crippen MR) is 89.3 cm³/mol. The Labute approximate surface area is 133 Å². The Bertz CT molecular complexity index is 515. The molecule has 22 heavy (non-hydrogen) atoms. The van der Waals surface area contributed by atoms with E-state index >= 15 is 0 Å². The van der Waals surface area contributed by atoms with Gasteiger partial charge in [0.1, 0.15) is 5.54 Å². The number of rotatable bonds is 4. The highest BCUT2D eigenvalue weighted by molar-refractivity contribution is 5.85. The zero-order valence-corrected chi connectivity index (χ0v) is 13.6. The van der Waals surface area contributed by atoms with E-state index in [-0.39, 0.29) is 5.91 Å². The van der Waals surface area contributed by atoms with Crippen LogP contribution in [-0.4, -0.2) is 22.9 Å². The monoisotopic (exact) mass is 300 g/mol. The third-order valence-electron chi connectivity index (χ3n) is 5.91. The molecule has 2 aliphatic rings. The highest BCUT2D eigenvalue weighted by atomic mass is 16.1. The van der Waals surface area contributed by atoms with Crippen molar-refractivity contribution in [3.63, 3.8) is 0 Å². The van der Waals surface area contributed by atoms with Gasteiger partial charge in [-0.1, -0.05) is 56.5 Å². The summed E-state index contributed by atoms with van der Waals surface area (Å²) in [6.07, 6.45) is 7.76. The summed E-state index contributed by atoms with van der Waals surface area (Å²) in [5, 5.41) is 0. The molecule has 1 aliphatic heterocycles. The van der Waals surface area contributed by atoms with Crippen molar-refractivity contribution >= 4 is 5.91 Å². The molecule has 3 rings (SSSR count). The van der Waals surface area contributed by atoms with Crippen LogP contribution in [0.5, 0.6) is 0 Å². The second-order valence-electron chi connectivity index (χ2n) is 6.90. The largest absolute Gasteiger partial charge is 0.368 e. The van der Waals surface area contributed by atoms with Gasteiger partial charge in [-0.3, -0.25) is 9.69 Å². The van der Waals surface area contributed by atoms with Gasteiger partial charge in [-0.15, -0.1) is 0 Å². The first kappa shape index (κ1) is 15.5. The molecule has 0 radical (unpaired) electrons. The number of hydrogen-bond acceptors (Lipinski definition) is 2. The van der Waals surface area contributed by atoms with Crippen LogP contribution in [0.25, 0.3) is 0 Å². The summed E-state index contributed by atoms with van der Waals surface area (Å²) in [4.78, 5) is 15.1. The molecule has 1 aromatic carbocycles. The van der Waals surface area contributed by atoms with Crippen LogP contribution in [0.15, 0.2) is 30.3 Å². The summed E-state index contributed by atoms with van der Waals surface area (Å²) in [7, 11) is 0. The van der Waals surface area contributed by atoms with Crippen molar-refractivity contribution in [1.82, 2.24) is 4.90 Å². The molecule has 1 aliphatic carbocycles. The normalized spacial score (nSPS) is 33.0. The lowest BCUT2D eigenvalue weighted by atomic mass is 9.69. The summed E-state index contributed by atoms with van der Waals surface area (Å²) in [5.74, 6) is 0.310. The summed E-state index contributed by atoms with van der Waals surface area (Å²) >= 11 is 0. The Balaban J connectivity index is 1.98. The van der Waals surface area contributed by atoms with Gasteiger partial charge in [0.15, 0.2) is 0 Å². The summed E-state index contributed by atoms with van der Waals surface area (Å²) in [6.45, 7) is 3.21. The number of carbonyl (C=O) groups is 1. The lowest BCUT2D eigenvalue weighted by Gasteiger charge is -2.50. The van der Waals surface area contributed by atoms with Crippen molar-refractivity contribution < 1.29 is 4.79 Å². The fraction of sp³-hybridized carbons (Fsp3) is 0.632. The van der Waals surface area contributed by atoms with E-state index in [1.54, 1.807) is 0 Å². The number of benzene rings is 1. The van der Waals surface area contributed by atoms with E-state index in [2.05, 4.69) is 42.2 Å². The Morgan fingerprint density at radius 2 is 2.00 bits per heavy atom. The maximum Gasteiger partial charge on any atom is 0.238 e. The van der Waals surface area contributed by atoms with E-state index in [4.69, 9.17) is 5.73 Å². The van der Waals surface area contributed by atoms with Gasteiger partial charge in [-0.05, 0) is 43.7 Å². The Morgan fingerprint density at radius 3 is 2.68 bits per heavy atom. The first-order chi connectivity index (χ1) is 10.7. The van der Waals surface area contributed by atoms with Crippen LogP contribution in [0.1, 0.15) is 63.5 Å². The highest BCUT2D eigenvalue weighted by Gasteiger charge is 2.52. The van der Waals surface area contributed by atoms with Crippen LogP contribution < -0.4 is 5.73 Å². The van der Waals surface area contributed by atoms with Gasteiger partial charge in [0.25, 0.3) is 0 Å². The standard InChI is InChI=1S/C19H28N2O/c1-2-16-11-6-7-13-19(16,18(20)22)21-14-8-12-17(21)15-9-4-3-5-10-15/h3-5,9-10,16-17H,2,6-8,11-14H2,1H3,(H2,20,22). The molecule has 120 valence electrons. The quantitative estimate of drug-likeness (QED) is 0.922. The summed E-state index contributed by atoms with van der Waals surface area (Å²) < 4.78 is 0. The molecular formula is C19H28N2O. The molecule has 3 unspecified atom stereocenters. The molecule has 0 bridgehead atoms. The second-order valence-corrected chi connectivity index (χ2v) is 6.90. The lowest BCUT2D eigenvalue weighted by molar-refractivity contribution is -0.139. The van der Waals surface area contributed by atoms with Crippen LogP contribution in [0, 0.1) is 5.92 Å². The van der Waals surface area contributed by atoms with E-state index in [0.717, 1.165) is 45.1 Å². The molecule has 0 spiro atoms. The van der Waals surface area contributed by atoms with Crippen molar-refractivity contribution in [2.24, 2.45) is 11.7 Å². The van der Waals surface area contributed by atoms with Crippen molar-refractivity contribution in [1.29, 1.82) is 0 Å². The lowest BCUT2D eigenvalue weighted by Crippen LogP contribution is -2.62. The number of nitrogens with two attached hydrogens (primary N) is 1. The van der Waals surface area contributed by atoms with Gasteiger partial charge in [-0.25, -0.2) is 0 Å². The average Bonchev–Trinajstić information content (AvgIpc) is 3.05. The molecule has 1 saturated heterocycles.